The minimum Gasteiger partial charge on any atom is -0.479 e. The zero-order valence-electron chi connectivity index (χ0n) is 18.6. The number of nitrogens with zero attached hydrogens (tertiary/aromatic N) is 7. The van der Waals surface area contributed by atoms with E-state index in [0.29, 0.717) is 43.3 Å². The number of fused-ring (bicyclic) bond motifs is 2. The van der Waals surface area contributed by atoms with Gasteiger partial charge in [0, 0.05) is 31.4 Å². The van der Waals surface area contributed by atoms with Crippen LogP contribution in [0.15, 0.2) is 30.5 Å². The lowest BCUT2D eigenvalue weighted by atomic mass is 10.0. The Hall–Kier alpha value is -3.34. The van der Waals surface area contributed by atoms with Crippen molar-refractivity contribution in [3.8, 4) is 17.0 Å². The first-order chi connectivity index (χ1) is 16.1. The number of rotatable bonds is 7. The highest BCUT2D eigenvalue weighted by atomic mass is 19.1. The summed E-state index contributed by atoms with van der Waals surface area (Å²) in [6.07, 6.45) is 1.87. The number of hydrogen-bond acceptors (Lipinski definition) is 7. The highest BCUT2D eigenvalue weighted by Crippen LogP contribution is 2.33. The molecular weight excluding hydrogens is 430 g/mol. The van der Waals surface area contributed by atoms with Crippen molar-refractivity contribution < 1.29 is 13.5 Å². The molecule has 1 N–H and O–H groups in total. The zero-order valence-corrected chi connectivity index (χ0v) is 18.6. The van der Waals surface area contributed by atoms with Crippen molar-refractivity contribution in [3.63, 3.8) is 0 Å². The van der Waals surface area contributed by atoms with Crippen LogP contribution in [-0.2, 0) is 6.54 Å². The highest BCUT2D eigenvalue weighted by Gasteiger charge is 2.28. The maximum Gasteiger partial charge on any atom is 0.244 e. The molecule has 11 heteroatoms. The molecule has 1 fully saturated rings. The van der Waals surface area contributed by atoms with E-state index in [-0.39, 0.29) is 6.04 Å². The van der Waals surface area contributed by atoms with Gasteiger partial charge in [-0.05, 0) is 43.7 Å². The van der Waals surface area contributed by atoms with E-state index in [0.717, 1.165) is 28.7 Å². The maximum atomic E-state index is 14.5. The number of aromatic nitrogens is 6. The molecule has 0 radical (unpaired) electrons. The molecule has 0 bridgehead atoms. The Morgan fingerprint density at radius 3 is 2.94 bits per heavy atom. The van der Waals surface area contributed by atoms with E-state index in [1.54, 1.807) is 16.3 Å². The molecule has 1 saturated heterocycles. The van der Waals surface area contributed by atoms with Crippen molar-refractivity contribution >= 4 is 22.5 Å². The van der Waals surface area contributed by atoms with Crippen molar-refractivity contribution in [1.82, 2.24) is 34.5 Å². The average molecular weight is 457 g/mol. The lowest BCUT2D eigenvalue weighted by Gasteiger charge is -2.32. The van der Waals surface area contributed by atoms with Gasteiger partial charge in [-0.3, -0.25) is 4.39 Å². The number of piperidine rings is 1. The van der Waals surface area contributed by atoms with Crippen molar-refractivity contribution in [2.75, 3.05) is 39.2 Å². The van der Waals surface area contributed by atoms with Crippen LogP contribution in [0.4, 0.5) is 14.7 Å². The van der Waals surface area contributed by atoms with E-state index in [9.17, 15) is 8.78 Å². The van der Waals surface area contributed by atoms with Gasteiger partial charge in [-0.15, -0.1) is 10.2 Å². The molecule has 0 unspecified atom stereocenters. The zero-order chi connectivity index (χ0) is 22.9. The minimum atomic E-state index is -1.00. The quantitative estimate of drug-likeness (QED) is 0.458. The molecule has 2 atom stereocenters. The highest BCUT2D eigenvalue weighted by molar-refractivity contribution is 5.89. The summed E-state index contributed by atoms with van der Waals surface area (Å²) in [5.41, 5.74) is 4.06. The number of ether oxygens (including phenoxy) is 1. The summed E-state index contributed by atoms with van der Waals surface area (Å²) in [5.74, 6) is 0.711. The van der Waals surface area contributed by atoms with Crippen molar-refractivity contribution in [1.29, 1.82) is 0 Å². The number of alkyl halides is 2. The van der Waals surface area contributed by atoms with Gasteiger partial charge >= 0.3 is 0 Å². The molecule has 5 rings (SSSR count). The second kappa shape index (κ2) is 8.89. The molecule has 0 amide bonds. The maximum absolute atomic E-state index is 14.5. The van der Waals surface area contributed by atoms with Crippen LogP contribution in [0.2, 0.25) is 0 Å². The second-order valence-corrected chi connectivity index (χ2v) is 8.34. The molecule has 3 aromatic heterocycles. The van der Waals surface area contributed by atoms with Gasteiger partial charge in [0.15, 0.2) is 0 Å². The predicted octanol–water partition coefficient (Wildman–Crippen LogP) is 2.96. The number of nitrogens with one attached hydrogen (secondary N) is 1. The normalized spacial score (nSPS) is 19.4. The van der Waals surface area contributed by atoms with Gasteiger partial charge in [0.1, 0.15) is 17.2 Å². The number of aryl methyl sites for hydroxylation is 1. The third-order valence-corrected chi connectivity index (χ3v) is 6.06. The molecular formula is C22H26F2N8O. The Labute approximate surface area is 189 Å². The van der Waals surface area contributed by atoms with Crippen LogP contribution in [-0.4, -0.2) is 80.6 Å². The van der Waals surface area contributed by atoms with Crippen LogP contribution in [0.1, 0.15) is 12.8 Å². The summed E-state index contributed by atoms with van der Waals surface area (Å²) in [6.45, 7) is 1.24. The number of benzene rings is 1. The van der Waals surface area contributed by atoms with Crippen LogP contribution >= 0.6 is 0 Å². The van der Waals surface area contributed by atoms with E-state index in [1.165, 1.54) is 0 Å². The van der Waals surface area contributed by atoms with Gasteiger partial charge in [0.2, 0.25) is 11.8 Å². The molecule has 33 heavy (non-hydrogen) atoms. The van der Waals surface area contributed by atoms with E-state index in [1.807, 2.05) is 42.4 Å². The molecule has 4 aromatic rings. The fourth-order valence-electron chi connectivity index (χ4n) is 4.32. The molecule has 1 aromatic carbocycles. The molecule has 4 heterocycles. The summed E-state index contributed by atoms with van der Waals surface area (Å²) in [7, 11) is 3.47. The standard InChI is InChI=1S/C22H26F2N8O/c1-30-10-7-17(16(24)13-30)25-22-26-21(33-2)20-15(6-11-32(20)28-22)14-4-5-18-19(12-14)31(29-27-18)9-3-8-23/h4-6,11-12,16-17H,3,7-10,13H2,1-2H3,(H,25,28)/t16-,17+/m1/s1. The van der Waals surface area contributed by atoms with Gasteiger partial charge < -0.3 is 15.0 Å². The van der Waals surface area contributed by atoms with Crippen LogP contribution < -0.4 is 10.1 Å². The number of methoxy groups -OCH3 is 1. The van der Waals surface area contributed by atoms with Crippen LogP contribution in [0.25, 0.3) is 27.7 Å². The van der Waals surface area contributed by atoms with Gasteiger partial charge in [-0.1, -0.05) is 11.3 Å². The molecule has 0 aliphatic carbocycles. The third-order valence-electron chi connectivity index (χ3n) is 6.06. The summed E-state index contributed by atoms with van der Waals surface area (Å²) in [5, 5.41) is 16.0. The number of hydrogen-bond donors (Lipinski definition) is 1. The average Bonchev–Trinajstić information content (AvgIpc) is 3.42. The van der Waals surface area contributed by atoms with E-state index < -0.39 is 12.8 Å². The van der Waals surface area contributed by atoms with Crippen molar-refractivity contribution in [3.05, 3.63) is 30.5 Å². The monoisotopic (exact) mass is 456 g/mol. The largest absolute Gasteiger partial charge is 0.479 e. The van der Waals surface area contributed by atoms with Crippen LogP contribution in [0, 0.1) is 0 Å². The summed E-state index contributed by atoms with van der Waals surface area (Å²) < 4.78 is 36.1. The molecule has 1 aliphatic heterocycles. The Bertz CT molecular complexity index is 1270. The molecule has 0 saturated carbocycles. The van der Waals surface area contributed by atoms with Crippen molar-refractivity contribution in [2.45, 2.75) is 31.6 Å². The Balaban J connectivity index is 1.50. The van der Waals surface area contributed by atoms with Crippen LogP contribution in [0.3, 0.4) is 0 Å². The van der Waals surface area contributed by atoms with E-state index in [4.69, 9.17) is 4.74 Å². The number of likely N-dealkylation sites (tertiary alicyclic amines) is 1. The molecule has 174 valence electrons. The Kier molecular flexibility index (Phi) is 5.79. The molecule has 9 nitrogen and oxygen atoms in total. The Morgan fingerprint density at radius 2 is 2.15 bits per heavy atom. The summed E-state index contributed by atoms with van der Waals surface area (Å²) in [6, 6.07) is 7.39. The number of halogens is 2. The minimum absolute atomic E-state index is 0.322. The first kappa shape index (κ1) is 21.5. The summed E-state index contributed by atoms with van der Waals surface area (Å²) in [4.78, 5) is 6.49. The summed E-state index contributed by atoms with van der Waals surface area (Å²) >= 11 is 0. The lowest BCUT2D eigenvalue weighted by molar-refractivity contribution is 0.149. The van der Waals surface area contributed by atoms with Gasteiger partial charge in [0.05, 0.1) is 25.3 Å². The SMILES string of the molecule is COc1nc(N[C@H]2CCN(C)C[C@H]2F)nn2ccc(-c3ccc4nnn(CCCF)c4c3)c12. The second-order valence-electron chi connectivity index (χ2n) is 8.34. The molecule has 0 spiro atoms. The van der Waals surface area contributed by atoms with Crippen molar-refractivity contribution in [2.24, 2.45) is 0 Å². The Morgan fingerprint density at radius 1 is 1.27 bits per heavy atom. The van der Waals surface area contributed by atoms with E-state index >= 15 is 0 Å². The lowest BCUT2D eigenvalue weighted by Crippen LogP contribution is -2.46. The first-order valence-corrected chi connectivity index (χ1v) is 11.0. The smallest absolute Gasteiger partial charge is 0.244 e. The van der Waals surface area contributed by atoms with Gasteiger partial charge in [-0.2, -0.15) is 4.98 Å². The fourth-order valence-corrected chi connectivity index (χ4v) is 4.32. The van der Waals surface area contributed by atoms with E-state index in [2.05, 4.69) is 25.7 Å². The number of anilines is 1. The van der Waals surface area contributed by atoms with Crippen LogP contribution in [0.5, 0.6) is 5.88 Å². The predicted molar refractivity (Wildman–Crippen MR) is 121 cm³/mol. The molecule has 1 aliphatic rings. The fraction of sp³-hybridized carbons (Fsp3) is 0.455. The topological polar surface area (TPSA) is 85.4 Å². The van der Waals surface area contributed by atoms with Gasteiger partial charge in [-0.25, -0.2) is 13.6 Å². The first-order valence-electron chi connectivity index (χ1n) is 11.0. The van der Waals surface area contributed by atoms with Gasteiger partial charge in [0.25, 0.3) is 0 Å². The third kappa shape index (κ3) is 4.08.